The highest BCUT2D eigenvalue weighted by atomic mass is 16.5. The molecule has 1 heterocycles. The average molecular weight is 318 g/mol. The topological polar surface area (TPSA) is 18.5 Å². The van der Waals surface area contributed by atoms with Crippen LogP contribution in [0.5, 0.6) is 0 Å². The van der Waals surface area contributed by atoms with Crippen LogP contribution < -0.4 is 0 Å². The average Bonchev–Trinajstić information content (AvgIpc) is 2.91. The number of allylic oxidation sites excluding steroid dienone is 2. The summed E-state index contributed by atoms with van der Waals surface area (Å²) in [5, 5.41) is 0. The first-order chi connectivity index (χ1) is 11.8. The Morgan fingerprint density at radius 1 is 0.917 bits per heavy atom. The van der Waals surface area contributed by atoms with E-state index in [1.807, 2.05) is 0 Å². The summed E-state index contributed by atoms with van der Waals surface area (Å²) < 4.78 is 11.9. The smallest absolute Gasteiger partial charge is 0.161 e. The predicted octanol–water partition coefficient (Wildman–Crippen LogP) is 4.97. The van der Waals surface area contributed by atoms with Gasteiger partial charge >= 0.3 is 0 Å². The molecule has 2 aromatic rings. The maximum atomic E-state index is 6.07. The molecular weight excluding hydrogens is 296 g/mol. The van der Waals surface area contributed by atoms with Gasteiger partial charge in [-0.25, -0.2) is 0 Å². The first kappa shape index (κ1) is 15.1. The summed E-state index contributed by atoms with van der Waals surface area (Å²) in [4.78, 5) is 0. The zero-order chi connectivity index (χ0) is 16.6. The molecule has 0 spiro atoms. The van der Waals surface area contributed by atoms with Crippen molar-refractivity contribution in [2.75, 3.05) is 13.7 Å². The Labute approximate surface area is 143 Å². The van der Waals surface area contributed by atoms with Gasteiger partial charge in [-0.3, -0.25) is 0 Å². The molecule has 0 N–H and O–H groups in total. The number of rotatable bonds is 3. The Hall–Kier alpha value is -2.48. The van der Waals surface area contributed by atoms with Gasteiger partial charge in [-0.2, -0.15) is 0 Å². The van der Waals surface area contributed by atoms with Gasteiger partial charge in [0.2, 0.25) is 0 Å². The molecule has 0 unspecified atom stereocenters. The van der Waals surface area contributed by atoms with Crippen molar-refractivity contribution in [3.8, 4) is 0 Å². The minimum atomic E-state index is -0.288. The summed E-state index contributed by atoms with van der Waals surface area (Å²) in [5.74, 6) is 1.85. The molecule has 1 aliphatic carbocycles. The van der Waals surface area contributed by atoms with E-state index in [-0.39, 0.29) is 5.41 Å². The van der Waals surface area contributed by atoms with E-state index in [2.05, 4.69) is 67.6 Å². The number of hydrogen-bond donors (Lipinski definition) is 0. The largest absolute Gasteiger partial charge is 0.493 e. The van der Waals surface area contributed by atoms with Crippen LogP contribution >= 0.6 is 0 Å². The third-order valence-electron chi connectivity index (χ3n) is 5.27. The maximum Gasteiger partial charge on any atom is 0.161 e. The molecule has 0 radical (unpaired) electrons. The highest BCUT2D eigenvalue weighted by Gasteiger charge is 2.49. The molecule has 0 aromatic heterocycles. The molecule has 2 heteroatoms. The van der Waals surface area contributed by atoms with Crippen LogP contribution in [-0.2, 0) is 14.9 Å². The van der Waals surface area contributed by atoms with Crippen molar-refractivity contribution in [1.29, 1.82) is 0 Å². The first-order valence-corrected chi connectivity index (χ1v) is 8.53. The molecule has 1 aliphatic heterocycles. The van der Waals surface area contributed by atoms with Gasteiger partial charge in [0, 0.05) is 0 Å². The van der Waals surface area contributed by atoms with Crippen LogP contribution in [0.4, 0.5) is 0 Å². The minimum absolute atomic E-state index is 0.288. The summed E-state index contributed by atoms with van der Waals surface area (Å²) in [6, 6.07) is 21.5. The lowest BCUT2D eigenvalue weighted by Crippen LogP contribution is -2.31. The fourth-order valence-electron chi connectivity index (χ4n) is 4.32. The zero-order valence-corrected chi connectivity index (χ0v) is 14.2. The van der Waals surface area contributed by atoms with Crippen molar-refractivity contribution < 1.29 is 9.47 Å². The second-order valence-corrected chi connectivity index (χ2v) is 6.40. The highest BCUT2D eigenvalue weighted by Crippen LogP contribution is 2.55. The third-order valence-corrected chi connectivity index (χ3v) is 5.27. The van der Waals surface area contributed by atoms with Crippen LogP contribution in [-0.4, -0.2) is 13.7 Å². The molecule has 122 valence electrons. The standard InChI is InChI=1S/C22H22O2/c1-16-20(23-2)21-19(14-9-15-24-21)22(16,17-10-5-3-6-11-17)18-12-7-4-8-13-18/h3-8,10-13H,9,14-15H2,1-2H3. The molecule has 2 aromatic carbocycles. The lowest BCUT2D eigenvalue weighted by Gasteiger charge is -2.36. The van der Waals surface area contributed by atoms with Crippen molar-refractivity contribution in [1.82, 2.24) is 0 Å². The van der Waals surface area contributed by atoms with Crippen LogP contribution in [0.3, 0.4) is 0 Å². The normalized spacial score (nSPS) is 19.1. The lowest BCUT2D eigenvalue weighted by atomic mass is 9.65. The number of ether oxygens (including phenoxy) is 2. The second kappa shape index (κ2) is 5.86. The number of methoxy groups -OCH3 is 1. The van der Waals surface area contributed by atoms with Crippen LogP contribution in [0.25, 0.3) is 0 Å². The Kier molecular flexibility index (Phi) is 3.68. The van der Waals surface area contributed by atoms with Crippen LogP contribution in [0, 0.1) is 0 Å². The van der Waals surface area contributed by atoms with E-state index < -0.39 is 0 Å². The molecular formula is C22H22O2. The number of hydrogen-bond acceptors (Lipinski definition) is 2. The van der Waals surface area contributed by atoms with Crippen molar-refractivity contribution in [3.63, 3.8) is 0 Å². The molecule has 0 atom stereocenters. The molecule has 2 nitrogen and oxygen atoms in total. The Balaban J connectivity index is 2.08. The van der Waals surface area contributed by atoms with E-state index in [0.29, 0.717) is 0 Å². The molecule has 2 aliphatic rings. The van der Waals surface area contributed by atoms with Crippen LogP contribution in [0.1, 0.15) is 30.9 Å². The predicted molar refractivity (Wildman–Crippen MR) is 95.6 cm³/mol. The van der Waals surface area contributed by atoms with Gasteiger partial charge in [-0.1, -0.05) is 60.7 Å². The minimum Gasteiger partial charge on any atom is -0.493 e. The van der Waals surface area contributed by atoms with Crippen LogP contribution in [0.2, 0.25) is 0 Å². The van der Waals surface area contributed by atoms with E-state index in [1.165, 1.54) is 22.3 Å². The molecule has 4 rings (SSSR count). The second-order valence-electron chi connectivity index (χ2n) is 6.40. The Morgan fingerprint density at radius 2 is 1.50 bits per heavy atom. The van der Waals surface area contributed by atoms with Gasteiger partial charge in [0.05, 0.1) is 19.1 Å². The van der Waals surface area contributed by atoms with Gasteiger partial charge in [0.1, 0.15) is 0 Å². The summed E-state index contributed by atoms with van der Waals surface area (Å²) in [7, 11) is 1.74. The van der Waals surface area contributed by atoms with Gasteiger partial charge in [-0.05, 0) is 42.0 Å². The van der Waals surface area contributed by atoms with E-state index in [9.17, 15) is 0 Å². The fourth-order valence-corrected chi connectivity index (χ4v) is 4.32. The summed E-state index contributed by atoms with van der Waals surface area (Å²) in [6.07, 6.45) is 2.08. The van der Waals surface area contributed by atoms with E-state index in [0.717, 1.165) is 31.0 Å². The van der Waals surface area contributed by atoms with Gasteiger partial charge < -0.3 is 9.47 Å². The first-order valence-electron chi connectivity index (χ1n) is 8.53. The van der Waals surface area contributed by atoms with Crippen molar-refractivity contribution >= 4 is 0 Å². The summed E-state index contributed by atoms with van der Waals surface area (Å²) in [5.41, 5.74) is 4.82. The maximum absolute atomic E-state index is 6.07. The quantitative estimate of drug-likeness (QED) is 0.795. The van der Waals surface area contributed by atoms with Gasteiger partial charge in [0.15, 0.2) is 11.5 Å². The molecule has 0 saturated heterocycles. The van der Waals surface area contributed by atoms with Crippen molar-refractivity contribution in [2.24, 2.45) is 0 Å². The lowest BCUT2D eigenvalue weighted by molar-refractivity contribution is 0.160. The molecule has 0 bridgehead atoms. The van der Waals surface area contributed by atoms with Crippen molar-refractivity contribution in [2.45, 2.75) is 25.2 Å². The SMILES string of the molecule is COC1=C(C)C(c2ccccc2)(c2ccccc2)C2=C1OCCC2. The zero-order valence-electron chi connectivity index (χ0n) is 14.2. The van der Waals surface area contributed by atoms with Crippen molar-refractivity contribution in [3.05, 3.63) is 94.5 Å². The van der Waals surface area contributed by atoms with Gasteiger partial charge in [0.25, 0.3) is 0 Å². The Morgan fingerprint density at radius 3 is 2.04 bits per heavy atom. The van der Waals surface area contributed by atoms with Crippen LogP contribution in [0.15, 0.2) is 83.3 Å². The molecule has 24 heavy (non-hydrogen) atoms. The Bertz CT molecular complexity index is 761. The number of benzene rings is 2. The third kappa shape index (κ3) is 1.96. The fraction of sp³-hybridized carbons (Fsp3) is 0.273. The molecule has 0 amide bonds. The van der Waals surface area contributed by atoms with E-state index in [1.54, 1.807) is 7.11 Å². The van der Waals surface area contributed by atoms with E-state index in [4.69, 9.17) is 9.47 Å². The highest BCUT2D eigenvalue weighted by molar-refractivity contribution is 5.65. The van der Waals surface area contributed by atoms with Gasteiger partial charge in [-0.15, -0.1) is 0 Å². The summed E-state index contributed by atoms with van der Waals surface area (Å²) in [6.45, 7) is 2.94. The summed E-state index contributed by atoms with van der Waals surface area (Å²) >= 11 is 0. The molecule has 0 fully saturated rings. The monoisotopic (exact) mass is 318 g/mol. The van der Waals surface area contributed by atoms with E-state index >= 15 is 0 Å². The molecule has 0 saturated carbocycles.